The predicted octanol–water partition coefficient (Wildman–Crippen LogP) is 4.93. The molecule has 0 saturated heterocycles. The Morgan fingerprint density at radius 3 is 2.48 bits per heavy atom. The first-order chi connectivity index (χ1) is 10.0. The highest BCUT2D eigenvalue weighted by Crippen LogP contribution is 2.24. The second-order valence-corrected chi connectivity index (χ2v) is 5.93. The van der Waals surface area contributed by atoms with Crippen LogP contribution in [0.15, 0.2) is 40.9 Å². The van der Waals surface area contributed by atoms with Crippen molar-refractivity contribution in [2.75, 3.05) is 6.54 Å². The van der Waals surface area contributed by atoms with Gasteiger partial charge in [0, 0.05) is 10.5 Å². The van der Waals surface area contributed by atoms with Crippen molar-refractivity contribution in [2.24, 2.45) is 0 Å². The number of halogens is 3. The SMILES string of the molecule is CCNC(Cc1ccc(F)c(F)c1)c1ccc(Br)c(C)c1. The van der Waals surface area contributed by atoms with Crippen LogP contribution in [-0.4, -0.2) is 6.54 Å². The van der Waals surface area contributed by atoms with Crippen LogP contribution in [-0.2, 0) is 6.42 Å². The number of hydrogen-bond acceptors (Lipinski definition) is 1. The van der Waals surface area contributed by atoms with Crippen molar-refractivity contribution in [3.05, 3.63) is 69.2 Å². The van der Waals surface area contributed by atoms with E-state index in [1.54, 1.807) is 6.07 Å². The Morgan fingerprint density at radius 1 is 1.10 bits per heavy atom. The standard InChI is InChI=1S/C17H18BrF2N/c1-3-21-17(13-5-6-14(18)11(2)8-13)10-12-4-7-15(19)16(20)9-12/h4-9,17,21H,3,10H2,1-2H3. The maximum Gasteiger partial charge on any atom is 0.159 e. The molecule has 2 aromatic carbocycles. The number of benzene rings is 2. The summed E-state index contributed by atoms with van der Waals surface area (Å²) in [7, 11) is 0. The summed E-state index contributed by atoms with van der Waals surface area (Å²) in [6.45, 7) is 4.88. The average Bonchev–Trinajstić information content (AvgIpc) is 2.45. The zero-order valence-corrected chi connectivity index (χ0v) is 13.7. The van der Waals surface area contributed by atoms with Gasteiger partial charge in [0.2, 0.25) is 0 Å². The van der Waals surface area contributed by atoms with Gasteiger partial charge in [-0.1, -0.05) is 41.1 Å². The van der Waals surface area contributed by atoms with Crippen LogP contribution in [0.4, 0.5) is 8.78 Å². The Kier molecular flexibility index (Phi) is 5.48. The van der Waals surface area contributed by atoms with Gasteiger partial charge >= 0.3 is 0 Å². The van der Waals surface area contributed by atoms with E-state index < -0.39 is 11.6 Å². The summed E-state index contributed by atoms with van der Waals surface area (Å²) in [6, 6.07) is 10.3. The molecule has 0 aliphatic heterocycles. The molecule has 0 heterocycles. The van der Waals surface area contributed by atoms with Gasteiger partial charge in [0.15, 0.2) is 11.6 Å². The third-order valence-electron chi connectivity index (χ3n) is 3.46. The molecular formula is C17H18BrF2N. The van der Waals surface area contributed by atoms with Crippen LogP contribution < -0.4 is 5.32 Å². The third kappa shape index (κ3) is 4.11. The number of nitrogens with one attached hydrogen (secondary N) is 1. The molecule has 2 aromatic rings. The molecule has 0 radical (unpaired) electrons. The molecule has 0 spiro atoms. The third-order valence-corrected chi connectivity index (χ3v) is 4.35. The van der Waals surface area contributed by atoms with Crippen molar-refractivity contribution < 1.29 is 8.78 Å². The van der Waals surface area contributed by atoms with E-state index in [0.29, 0.717) is 6.42 Å². The summed E-state index contributed by atoms with van der Waals surface area (Å²) in [5, 5.41) is 3.40. The number of rotatable bonds is 5. The van der Waals surface area contributed by atoms with E-state index in [1.807, 2.05) is 26.0 Å². The van der Waals surface area contributed by atoms with E-state index in [-0.39, 0.29) is 6.04 Å². The van der Waals surface area contributed by atoms with Crippen LogP contribution in [0, 0.1) is 18.6 Å². The van der Waals surface area contributed by atoms with Crippen LogP contribution in [0.25, 0.3) is 0 Å². The fourth-order valence-corrected chi connectivity index (χ4v) is 2.59. The highest BCUT2D eigenvalue weighted by molar-refractivity contribution is 9.10. The summed E-state index contributed by atoms with van der Waals surface area (Å²) < 4.78 is 27.4. The monoisotopic (exact) mass is 353 g/mol. The minimum Gasteiger partial charge on any atom is -0.310 e. The number of hydrogen-bond donors (Lipinski definition) is 1. The molecule has 0 amide bonds. The lowest BCUT2D eigenvalue weighted by Crippen LogP contribution is -2.23. The zero-order valence-electron chi connectivity index (χ0n) is 12.1. The molecule has 0 aromatic heterocycles. The van der Waals surface area contributed by atoms with Gasteiger partial charge in [-0.15, -0.1) is 0 Å². The molecule has 0 aliphatic carbocycles. The lowest BCUT2D eigenvalue weighted by atomic mass is 9.97. The van der Waals surface area contributed by atoms with E-state index in [2.05, 4.69) is 27.3 Å². The topological polar surface area (TPSA) is 12.0 Å². The van der Waals surface area contributed by atoms with Crippen molar-refractivity contribution in [1.29, 1.82) is 0 Å². The first-order valence-corrected chi connectivity index (χ1v) is 7.74. The van der Waals surface area contributed by atoms with Gasteiger partial charge in [0.1, 0.15) is 0 Å². The minimum absolute atomic E-state index is 0.0756. The van der Waals surface area contributed by atoms with Gasteiger partial charge in [0.25, 0.3) is 0 Å². The molecule has 4 heteroatoms. The highest BCUT2D eigenvalue weighted by atomic mass is 79.9. The van der Waals surface area contributed by atoms with Crippen LogP contribution in [0.2, 0.25) is 0 Å². The molecule has 1 unspecified atom stereocenters. The van der Waals surface area contributed by atoms with E-state index in [9.17, 15) is 8.78 Å². The summed E-state index contributed by atoms with van der Waals surface area (Å²) in [6.07, 6.45) is 0.617. The van der Waals surface area contributed by atoms with E-state index in [1.165, 1.54) is 12.1 Å². The number of aryl methyl sites for hydroxylation is 1. The van der Waals surface area contributed by atoms with Crippen LogP contribution in [0.1, 0.15) is 29.7 Å². The van der Waals surface area contributed by atoms with E-state index in [0.717, 1.165) is 27.7 Å². The molecule has 0 fully saturated rings. The fourth-order valence-electron chi connectivity index (χ4n) is 2.34. The van der Waals surface area contributed by atoms with E-state index in [4.69, 9.17) is 0 Å². The van der Waals surface area contributed by atoms with Gasteiger partial charge in [-0.05, 0) is 54.8 Å². The lowest BCUT2D eigenvalue weighted by Gasteiger charge is -2.19. The molecule has 1 nitrogen and oxygen atoms in total. The quantitative estimate of drug-likeness (QED) is 0.803. The fraction of sp³-hybridized carbons (Fsp3) is 0.294. The smallest absolute Gasteiger partial charge is 0.159 e. The van der Waals surface area contributed by atoms with Crippen molar-refractivity contribution in [3.8, 4) is 0 Å². The van der Waals surface area contributed by atoms with Gasteiger partial charge in [-0.25, -0.2) is 8.78 Å². The molecule has 0 saturated carbocycles. The molecule has 21 heavy (non-hydrogen) atoms. The summed E-state index contributed by atoms with van der Waals surface area (Å²) in [5.74, 6) is -1.60. The van der Waals surface area contributed by atoms with Crippen LogP contribution in [0.3, 0.4) is 0 Å². The van der Waals surface area contributed by atoms with Crippen LogP contribution >= 0.6 is 15.9 Å². The zero-order chi connectivity index (χ0) is 15.4. The maximum atomic E-state index is 13.3. The van der Waals surface area contributed by atoms with Gasteiger partial charge in [-0.2, -0.15) is 0 Å². The maximum absolute atomic E-state index is 13.3. The average molecular weight is 354 g/mol. The molecule has 0 aliphatic rings. The lowest BCUT2D eigenvalue weighted by molar-refractivity contribution is 0.502. The van der Waals surface area contributed by atoms with Crippen molar-refractivity contribution >= 4 is 15.9 Å². The number of likely N-dealkylation sites (N-methyl/N-ethyl adjacent to an activating group) is 1. The first-order valence-electron chi connectivity index (χ1n) is 6.94. The van der Waals surface area contributed by atoms with E-state index >= 15 is 0 Å². The molecule has 2 rings (SSSR count). The highest BCUT2D eigenvalue weighted by Gasteiger charge is 2.13. The van der Waals surface area contributed by atoms with Crippen molar-refractivity contribution in [1.82, 2.24) is 5.32 Å². The van der Waals surface area contributed by atoms with Crippen LogP contribution in [0.5, 0.6) is 0 Å². The molecular weight excluding hydrogens is 336 g/mol. The Hall–Kier alpha value is -1.26. The van der Waals surface area contributed by atoms with Crippen molar-refractivity contribution in [2.45, 2.75) is 26.3 Å². The Bertz CT molecular complexity index is 628. The van der Waals surface area contributed by atoms with Gasteiger partial charge in [0.05, 0.1) is 0 Å². The molecule has 1 atom stereocenters. The normalized spacial score (nSPS) is 12.4. The second kappa shape index (κ2) is 7.14. The Morgan fingerprint density at radius 2 is 1.86 bits per heavy atom. The molecule has 112 valence electrons. The Labute approximate surface area is 132 Å². The Balaban J connectivity index is 2.25. The van der Waals surface area contributed by atoms with Crippen molar-refractivity contribution in [3.63, 3.8) is 0 Å². The van der Waals surface area contributed by atoms with Gasteiger partial charge < -0.3 is 5.32 Å². The minimum atomic E-state index is -0.807. The first kappa shape index (κ1) is 16.1. The second-order valence-electron chi connectivity index (χ2n) is 5.07. The predicted molar refractivity (Wildman–Crippen MR) is 85.4 cm³/mol. The summed E-state index contributed by atoms with van der Waals surface area (Å²) >= 11 is 3.49. The summed E-state index contributed by atoms with van der Waals surface area (Å²) in [4.78, 5) is 0. The largest absolute Gasteiger partial charge is 0.310 e. The molecule has 0 bridgehead atoms. The van der Waals surface area contributed by atoms with Gasteiger partial charge in [-0.3, -0.25) is 0 Å². The summed E-state index contributed by atoms with van der Waals surface area (Å²) in [5.41, 5.74) is 3.07. The molecule has 1 N–H and O–H groups in total.